The molecule has 0 saturated carbocycles. The maximum Gasteiger partial charge on any atom is 0.340 e. The summed E-state index contributed by atoms with van der Waals surface area (Å²) in [5.41, 5.74) is 9.82. The van der Waals surface area contributed by atoms with Crippen molar-refractivity contribution in [2.75, 3.05) is 12.3 Å². The van der Waals surface area contributed by atoms with E-state index in [1.165, 1.54) is 17.3 Å². The van der Waals surface area contributed by atoms with Crippen LogP contribution >= 0.6 is 0 Å². The first-order valence-electron chi connectivity index (χ1n) is 6.62. The SMILES string of the molecule is Cc1ncc(N)cc1C(=O)OCC1Cc2ccccc21. The second kappa shape index (κ2) is 4.96. The van der Waals surface area contributed by atoms with Crippen LogP contribution in [0.15, 0.2) is 36.5 Å². The van der Waals surface area contributed by atoms with Crippen molar-refractivity contribution < 1.29 is 9.53 Å². The summed E-state index contributed by atoms with van der Waals surface area (Å²) in [6, 6.07) is 9.85. The summed E-state index contributed by atoms with van der Waals surface area (Å²) in [6.07, 6.45) is 2.51. The van der Waals surface area contributed by atoms with Gasteiger partial charge in [0.05, 0.1) is 29.7 Å². The third-order valence-electron chi connectivity index (χ3n) is 3.70. The van der Waals surface area contributed by atoms with Gasteiger partial charge in [-0.25, -0.2) is 4.79 Å². The number of anilines is 1. The highest BCUT2D eigenvalue weighted by molar-refractivity contribution is 5.91. The maximum atomic E-state index is 12.1. The number of nitrogen functional groups attached to an aromatic ring is 1. The molecular weight excluding hydrogens is 252 g/mol. The molecule has 0 radical (unpaired) electrons. The molecule has 1 aliphatic carbocycles. The number of nitrogens with zero attached hydrogens (tertiary/aromatic N) is 1. The van der Waals surface area contributed by atoms with Crippen LogP contribution in [0.3, 0.4) is 0 Å². The van der Waals surface area contributed by atoms with E-state index >= 15 is 0 Å². The molecule has 2 aromatic rings. The fraction of sp³-hybridized carbons (Fsp3) is 0.250. The van der Waals surface area contributed by atoms with Gasteiger partial charge in [-0.2, -0.15) is 0 Å². The number of carbonyl (C=O) groups excluding carboxylic acids is 1. The number of hydrogen-bond donors (Lipinski definition) is 1. The number of nitrogens with two attached hydrogens (primary N) is 1. The number of aryl methyl sites for hydroxylation is 1. The predicted molar refractivity (Wildman–Crippen MR) is 76.6 cm³/mol. The molecule has 0 amide bonds. The highest BCUT2D eigenvalue weighted by atomic mass is 16.5. The number of ether oxygens (including phenoxy) is 1. The zero-order chi connectivity index (χ0) is 14.1. The van der Waals surface area contributed by atoms with Crippen LogP contribution in [0.4, 0.5) is 5.69 Å². The summed E-state index contributed by atoms with van der Waals surface area (Å²) in [4.78, 5) is 16.1. The van der Waals surface area contributed by atoms with E-state index in [0.717, 1.165) is 6.42 Å². The molecule has 4 heteroatoms. The molecule has 1 aromatic carbocycles. The molecule has 0 spiro atoms. The molecule has 3 rings (SSSR count). The summed E-state index contributed by atoms with van der Waals surface area (Å²) in [6.45, 7) is 2.18. The van der Waals surface area contributed by atoms with Crippen LogP contribution in [0.25, 0.3) is 0 Å². The smallest absolute Gasteiger partial charge is 0.340 e. The van der Waals surface area contributed by atoms with Gasteiger partial charge in [0.2, 0.25) is 0 Å². The average Bonchev–Trinajstić information content (AvgIpc) is 2.42. The molecule has 1 atom stereocenters. The van der Waals surface area contributed by atoms with Gasteiger partial charge < -0.3 is 10.5 Å². The molecule has 1 aromatic heterocycles. The Morgan fingerprint density at radius 2 is 2.25 bits per heavy atom. The van der Waals surface area contributed by atoms with E-state index in [2.05, 4.69) is 17.1 Å². The molecule has 4 nitrogen and oxygen atoms in total. The van der Waals surface area contributed by atoms with Gasteiger partial charge in [-0.3, -0.25) is 4.98 Å². The van der Waals surface area contributed by atoms with Crippen LogP contribution < -0.4 is 5.73 Å². The zero-order valence-electron chi connectivity index (χ0n) is 11.3. The Morgan fingerprint density at radius 1 is 1.45 bits per heavy atom. The van der Waals surface area contributed by atoms with E-state index in [9.17, 15) is 4.79 Å². The second-order valence-corrected chi connectivity index (χ2v) is 5.10. The fourth-order valence-electron chi connectivity index (χ4n) is 2.52. The molecule has 0 saturated heterocycles. The van der Waals surface area contributed by atoms with Gasteiger partial charge in [0.1, 0.15) is 0 Å². The van der Waals surface area contributed by atoms with Gasteiger partial charge >= 0.3 is 5.97 Å². The molecule has 0 bridgehead atoms. The van der Waals surface area contributed by atoms with E-state index in [-0.39, 0.29) is 5.97 Å². The number of esters is 1. The first-order valence-corrected chi connectivity index (χ1v) is 6.62. The maximum absolute atomic E-state index is 12.1. The second-order valence-electron chi connectivity index (χ2n) is 5.10. The Kier molecular flexibility index (Phi) is 3.14. The highest BCUT2D eigenvalue weighted by Crippen LogP contribution is 2.34. The molecule has 1 aliphatic rings. The Morgan fingerprint density at radius 3 is 3.05 bits per heavy atom. The lowest BCUT2D eigenvalue weighted by Gasteiger charge is -2.29. The van der Waals surface area contributed by atoms with Gasteiger partial charge in [0, 0.05) is 5.92 Å². The van der Waals surface area contributed by atoms with Gasteiger partial charge in [-0.05, 0) is 30.5 Å². The van der Waals surface area contributed by atoms with Crippen molar-refractivity contribution in [1.29, 1.82) is 0 Å². The van der Waals surface area contributed by atoms with E-state index in [4.69, 9.17) is 10.5 Å². The van der Waals surface area contributed by atoms with E-state index in [1.807, 2.05) is 12.1 Å². The summed E-state index contributed by atoms with van der Waals surface area (Å²) in [7, 11) is 0. The first kappa shape index (κ1) is 12.7. The number of carbonyl (C=O) groups is 1. The number of rotatable bonds is 3. The largest absolute Gasteiger partial charge is 0.461 e. The lowest BCUT2D eigenvalue weighted by atomic mass is 9.78. The third kappa shape index (κ3) is 2.25. The van der Waals surface area contributed by atoms with Gasteiger partial charge in [-0.15, -0.1) is 0 Å². The molecule has 1 unspecified atom stereocenters. The molecule has 1 heterocycles. The number of aromatic nitrogens is 1. The Balaban J connectivity index is 1.65. The van der Waals surface area contributed by atoms with Crippen molar-refractivity contribution >= 4 is 11.7 Å². The summed E-state index contributed by atoms with van der Waals surface area (Å²) >= 11 is 0. The summed E-state index contributed by atoms with van der Waals surface area (Å²) in [5.74, 6) is -0.0452. The lowest BCUT2D eigenvalue weighted by Crippen LogP contribution is -2.23. The van der Waals surface area contributed by atoms with Gasteiger partial charge in [0.15, 0.2) is 0 Å². The van der Waals surface area contributed by atoms with Crippen molar-refractivity contribution in [3.8, 4) is 0 Å². The number of benzene rings is 1. The van der Waals surface area contributed by atoms with Crippen molar-refractivity contribution in [1.82, 2.24) is 4.98 Å². The van der Waals surface area contributed by atoms with Crippen LogP contribution in [-0.4, -0.2) is 17.6 Å². The van der Waals surface area contributed by atoms with Crippen LogP contribution in [0.2, 0.25) is 0 Å². The average molecular weight is 268 g/mol. The molecule has 0 aliphatic heterocycles. The zero-order valence-corrected chi connectivity index (χ0v) is 11.3. The Labute approximate surface area is 117 Å². The minimum atomic E-state index is -0.355. The van der Waals surface area contributed by atoms with Crippen molar-refractivity contribution in [2.24, 2.45) is 0 Å². The quantitative estimate of drug-likeness (QED) is 0.868. The van der Waals surface area contributed by atoms with E-state index in [1.54, 1.807) is 13.0 Å². The normalized spacial score (nSPS) is 16.1. The van der Waals surface area contributed by atoms with E-state index in [0.29, 0.717) is 29.5 Å². The molecule has 102 valence electrons. The highest BCUT2D eigenvalue weighted by Gasteiger charge is 2.27. The number of fused-ring (bicyclic) bond motifs is 1. The minimum absolute atomic E-state index is 0.310. The molecule has 20 heavy (non-hydrogen) atoms. The number of pyridine rings is 1. The van der Waals surface area contributed by atoms with Crippen molar-refractivity contribution in [3.63, 3.8) is 0 Å². The number of hydrogen-bond acceptors (Lipinski definition) is 4. The van der Waals surface area contributed by atoms with Crippen LogP contribution in [0.5, 0.6) is 0 Å². The Bertz CT molecular complexity index is 667. The first-order chi connectivity index (χ1) is 9.65. The summed E-state index contributed by atoms with van der Waals surface area (Å²) in [5, 5.41) is 0. The summed E-state index contributed by atoms with van der Waals surface area (Å²) < 4.78 is 5.39. The predicted octanol–water partition coefficient (Wildman–Crippen LogP) is 2.47. The molecule has 0 fully saturated rings. The molecule has 2 N–H and O–H groups in total. The van der Waals surface area contributed by atoms with Gasteiger partial charge in [-0.1, -0.05) is 24.3 Å². The van der Waals surface area contributed by atoms with Crippen LogP contribution in [0, 0.1) is 6.92 Å². The fourth-order valence-corrected chi connectivity index (χ4v) is 2.52. The molecular formula is C16H16N2O2. The lowest BCUT2D eigenvalue weighted by molar-refractivity contribution is 0.0468. The topological polar surface area (TPSA) is 65.2 Å². The van der Waals surface area contributed by atoms with E-state index < -0.39 is 0 Å². The van der Waals surface area contributed by atoms with Gasteiger partial charge in [0.25, 0.3) is 0 Å². The van der Waals surface area contributed by atoms with Crippen molar-refractivity contribution in [2.45, 2.75) is 19.3 Å². The Hall–Kier alpha value is -2.36. The minimum Gasteiger partial charge on any atom is -0.461 e. The standard InChI is InChI=1S/C16H16N2O2/c1-10-15(7-13(17)8-18-10)16(19)20-9-12-6-11-4-2-3-5-14(11)12/h2-5,7-8,12H,6,9,17H2,1H3. The van der Waals surface area contributed by atoms with Crippen molar-refractivity contribution in [3.05, 3.63) is 58.9 Å². The third-order valence-corrected chi connectivity index (χ3v) is 3.70. The van der Waals surface area contributed by atoms with Crippen LogP contribution in [-0.2, 0) is 11.2 Å². The monoisotopic (exact) mass is 268 g/mol. The van der Waals surface area contributed by atoms with Crippen LogP contribution in [0.1, 0.15) is 33.1 Å².